The van der Waals surface area contributed by atoms with Crippen molar-refractivity contribution in [1.29, 1.82) is 0 Å². The quantitative estimate of drug-likeness (QED) is 0.747. The van der Waals surface area contributed by atoms with E-state index >= 15 is 0 Å². The maximum absolute atomic E-state index is 5.63. The van der Waals surface area contributed by atoms with Crippen LogP contribution in [0.3, 0.4) is 0 Å². The predicted octanol–water partition coefficient (Wildman–Crippen LogP) is 2.10. The molecule has 0 spiro atoms. The lowest BCUT2D eigenvalue weighted by Gasteiger charge is -2.08. The van der Waals surface area contributed by atoms with Gasteiger partial charge in [-0.3, -0.25) is 0 Å². The van der Waals surface area contributed by atoms with Gasteiger partial charge in [0.2, 0.25) is 16.9 Å². The van der Waals surface area contributed by atoms with Crippen LogP contribution in [0.2, 0.25) is 0 Å². The van der Waals surface area contributed by atoms with Gasteiger partial charge in [0.1, 0.15) is 0 Å². The first-order valence-corrected chi connectivity index (χ1v) is 9.12. The van der Waals surface area contributed by atoms with Gasteiger partial charge in [-0.1, -0.05) is 17.4 Å². The zero-order valence-electron chi connectivity index (χ0n) is 13.5. The van der Waals surface area contributed by atoms with Gasteiger partial charge in [-0.05, 0) is 30.5 Å². The number of nitrogens with zero attached hydrogens (tertiary/aromatic N) is 4. The molecule has 130 valence electrons. The van der Waals surface area contributed by atoms with Crippen LogP contribution in [0.15, 0.2) is 18.2 Å². The Morgan fingerprint density at radius 1 is 1.24 bits per heavy atom. The zero-order valence-corrected chi connectivity index (χ0v) is 14.3. The summed E-state index contributed by atoms with van der Waals surface area (Å²) in [6, 6.07) is 5.91. The average molecular weight is 359 g/mol. The van der Waals surface area contributed by atoms with Crippen LogP contribution in [0.4, 0.5) is 5.13 Å². The van der Waals surface area contributed by atoms with E-state index in [2.05, 4.69) is 20.6 Å². The number of nitrogens with one attached hydrogen (secondary N) is 1. The summed E-state index contributed by atoms with van der Waals surface area (Å²) in [5, 5.41) is 17.3. The highest BCUT2D eigenvalue weighted by Crippen LogP contribution is 2.33. The molecular formula is C16H17N5O3S. The third kappa shape index (κ3) is 2.89. The molecule has 1 fully saturated rings. The molecule has 1 unspecified atom stereocenters. The fraction of sp³-hybridized carbons (Fsp3) is 0.438. The van der Waals surface area contributed by atoms with Gasteiger partial charge < -0.3 is 19.5 Å². The molecule has 1 N–H and O–H groups in total. The van der Waals surface area contributed by atoms with Crippen molar-refractivity contribution in [2.24, 2.45) is 0 Å². The lowest BCUT2D eigenvalue weighted by Crippen LogP contribution is -2.18. The third-order valence-electron chi connectivity index (χ3n) is 4.36. The number of ether oxygens (including phenoxy) is 3. The minimum Gasteiger partial charge on any atom is -0.454 e. The Morgan fingerprint density at radius 2 is 2.20 bits per heavy atom. The van der Waals surface area contributed by atoms with Crippen LogP contribution in [0.1, 0.15) is 24.2 Å². The first-order chi connectivity index (χ1) is 12.3. The number of hydrogen-bond donors (Lipinski definition) is 1. The molecule has 1 aromatic carbocycles. The number of anilines is 1. The average Bonchev–Trinajstić information content (AvgIpc) is 3.39. The molecule has 8 nitrogen and oxygen atoms in total. The highest BCUT2D eigenvalue weighted by Gasteiger charge is 2.18. The van der Waals surface area contributed by atoms with Crippen molar-refractivity contribution >= 4 is 21.4 Å². The van der Waals surface area contributed by atoms with E-state index in [9.17, 15) is 0 Å². The number of fused-ring (bicyclic) bond motifs is 2. The summed E-state index contributed by atoms with van der Waals surface area (Å²) in [6.07, 6.45) is 3.15. The van der Waals surface area contributed by atoms with Gasteiger partial charge in [-0.2, -0.15) is 4.52 Å². The molecule has 25 heavy (non-hydrogen) atoms. The van der Waals surface area contributed by atoms with Gasteiger partial charge in [0.05, 0.1) is 6.10 Å². The molecule has 1 atom stereocenters. The summed E-state index contributed by atoms with van der Waals surface area (Å²) in [4.78, 5) is 0.783. The Balaban J connectivity index is 1.33. The summed E-state index contributed by atoms with van der Waals surface area (Å²) < 4.78 is 18.2. The van der Waals surface area contributed by atoms with E-state index in [1.165, 1.54) is 11.3 Å². The van der Waals surface area contributed by atoms with E-state index in [0.29, 0.717) is 6.42 Å². The van der Waals surface area contributed by atoms with Crippen molar-refractivity contribution in [3.63, 3.8) is 0 Å². The van der Waals surface area contributed by atoms with E-state index in [1.807, 2.05) is 18.2 Å². The van der Waals surface area contributed by atoms with Crippen molar-refractivity contribution in [2.75, 3.05) is 25.3 Å². The molecule has 5 rings (SSSR count). The summed E-state index contributed by atoms with van der Waals surface area (Å²) in [6.45, 7) is 1.92. The summed E-state index contributed by atoms with van der Waals surface area (Å²) >= 11 is 1.50. The van der Waals surface area contributed by atoms with Crippen LogP contribution < -0.4 is 14.8 Å². The molecule has 2 aliphatic heterocycles. The summed E-state index contributed by atoms with van der Waals surface area (Å²) in [5.41, 5.74) is 1.08. The lowest BCUT2D eigenvalue weighted by molar-refractivity contribution is 0.120. The fourth-order valence-corrected chi connectivity index (χ4v) is 3.84. The molecule has 0 bridgehead atoms. The number of aromatic nitrogens is 4. The van der Waals surface area contributed by atoms with Crippen LogP contribution in [0.5, 0.6) is 11.5 Å². The standard InChI is InChI=1S/C16H17N5O3S/c1-2-11(22-5-1)8-17-15-20-21-14(18-19-16(21)25-15)7-10-3-4-12-13(6-10)24-9-23-12/h3-4,6,11H,1-2,5,7-9H2,(H,17,20). The van der Waals surface area contributed by atoms with E-state index < -0.39 is 0 Å². The molecule has 0 radical (unpaired) electrons. The largest absolute Gasteiger partial charge is 0.454 e. The normalized spacial score (nSPS) is 19.0. The monoisotopic (exact) mass is 359 g/mol. The van der Waals surface area contributed by atoms with Gasteiger partial charge in [-0.15, -0.1) is 15.3 Å². The van der Waals surface area contributed by atoms with Gasteiger partial charge in [0.25, 0.3) is 0 Å². The molecule has 4 heterocycles. The first kappa shape index (κ1) is 14.9. The minimum atomic E-state index is 0.278. The third-order valence-corrected chi connectivity index (χ3v) is 5.22. The highest BCUT2D eigenvalue weighted by molar-refractivity contribution is 7.20. The summed E-state index contributed by atoms with van der Waals surface area (Å²) in [5.74, 6) is 2.36. The van der Waals surface area contributed by atoms with Crippen LogP contribution in [0.25, 0.3) is 4.96 Å². The second-order valence-electron chi connectivity index (χ2n) is 6.10. The molecule has 0 aliphatic carbocycles. The Kier molecular flexibility index (Phi) is 3.67. The van der Waals surface area contributed by atoms with Gasteiger partial charge in [0.15, 0.2) is 17.3 Å². The molecule has 9 heteroatoms. The maximum atomic E-state index is 5.63. The smallest absolute Gasteiger partial charge is 0.236 e. The van der Waals surface area contributed by atoms with Crippen molar-refractivity contribution in [1.82, 2.24) is 19.8 Å². The Hall–Kier alpha value is -2.39. The molecule has 3 aromatic rings. The Bertz CT molecular complexity index is 902. The van der Waals surface area contributed by atoms with E-state index in [-0.39, 0.29) is 12.9 Å². The van der Waals surface area contributed by atoms with Crippen molar-refractivity contribution in [3.8, 4) is 11.5 Å². The molecule has 1 saturated heterocycles. The molecule has 0 amide bonds. The molecule has 2 aromatic heterocycles. The minimum absolute atomic E-state index is 0.278. The maximum Gasteiger partial charge on any atom is 0.236 e. The van der Waals surface area contributed by atoms with Gasteiger partial charge in [-0.25, -0.2) is 0 Å². The molecular weight excluding hydrogens is 342 g/mol. The van der Waals surface area contributed by atoms with Gasteiger partial charge >= 0.3 is 0 Å². The second kappa shape index (κ2) is 6.16. The number of hydrogen-bond acceptors (Lipinski definition) is 8. The van der Waals surface area contributed by atoms with Gasteiger partial charge in [0, 0.05) is 19.6 Å². The van der Waals surface area contributed by atoms with Crippen molar-refractivity contribution in [2.45, 2.75) is 25.4 Å². The Labute approximate surface area is 147 Å². The van der Waals surface area contributed by atoms with Crippen LogP contribution >= 0.6 is 11.3 Å². The van der Waals surface area contributed by atoms with Crippen LogP contribution in [0, 0.1) is 0 Å². The zero-order chi connectivity index (χ0) is 16.6. The first-order valence-electron chi connectivity index (χ1n) is 8.30. The van der Waals surface area contributed by atoms with Crippen molar-refractivity contribution in [3.05, 3.63) is 29.6 Å². The lowest BCUT2D eigenvalue weighted by atomic mass is 10.1. The number of rotatable bonds is 5. The molecule has 0 saturated carbocycles. The fourth-order valence-electron chi connectivity index (χ4n) is 3.08. The SMILES string of the molecule is c1cc2c(cc1Cc1nnc3sc(NCC4CCCO4)nn13)OCO2. The number of benzene rings is 1. The summed E-state index contributed by atoms with van der Waals surface area (Å²) in [7, 11) is 0. The topological polar surface area (TPSA) is 82.8 Å². The molecule has 2 aliphatic rings. The van der Waals surface area contributed by atoms with Crippen molar-refractivity contribution < 1.29 is 14.2 Å². The van der Waals surface area contributed by atoms with E-state index in [1.54, 1.807) is 4.52 Å². The van der Waals surface area contributed by atoms with E-state index in [0.717, 1.165) is 59.0 Å². The van der Waals surface area contributed by atoms with E-state index in [4.69, 9.17) is 14.2 Å². The second-order valence-corrected chi connectivity index (χ2v) is 7.05. The van der Waals surface area contributed by atoms with Crippen LogP contribution in [-0.4, -0.2) is 45.9 Å². The predicted molar refractivity (Wildman–Crippen MR) is 91.5 cm³/mol. The Morgan fingerprint density at radius 3 is 3.12 bits per heavy atom. The highest BCUT2D eigenvalue weighted by atomic mass is 32.1. The van der Waals surface area contributed by atoms with Crippen LogP contribution in [-0.2, 0) is 11.2 Å².